The minimum atomic E-state index is -0.115. The standard InChI is InChI=1S/C21H19N7O2/c29-21(18-15-22-28(25-18)16-5-2-1-3-6-16)27-12-10-26(11-13-27)20-9-8-17(23-24-20)19-7-4-14-30-19/h1-9,14-15H,10-13H2. The zero-order valence-electron chi connectivity index (χ0n) is 16.1. The second-order valence-corrected chi connectivity index (χ2v) is 6.89. The molecule has 9 heteroatoms. The fourth-order valence-electron chi connectivity index (χ4n) is 3.40. The lowest BCUT2D eigenvalue weighted by Gasteiger charge is -2.34. The molecule has 4 heterocycles. The van der Waals surface area contributed by atoms with E-state index in [9.17, 15) is 4.79 Å². The number of rotatable bonds is 4. The van der Waals surface area contributed by atoms with Crippen LogP contribution in [-0.2, 0) is 0 Å². The van der Waals surface area contributed by atoms with Gasteiger partial charge in [0.05, 0.1) is 18.1 Å². The van der Waals surface area contributed by atoms with Crippen molar-refractivity contribution in [3.63, 3.8) is 0 Å². The maximum absolute atomic E-state index is 12.8. The van der Waals surface area contributed by atoms with Gasteiger partial charge in [-0.25, -0.2) is 0 Å². The summed E-state index contributed by atoms with van der Waals surface area (Å²) in [6.45, 7) is 2.51. The van der Waals surface area contributed by atoms with E-state index in [4.69, 9.17) is 4.42 Å². The fraction of sp³-hybridized carbons (Fsp3) is 0.190. The Morgan fingerprint density at radius 1 is 0.900 bits per heavy atom. The first-order chi connectivity index (χ1) is 14.8. The van der Waals surface area contributed by atoms with Crippen molar-refractivity contribution in [2.45, 2.75) is 0 Å². The third kappa shape index (κ3) is 3.52. The van der Waals surface area contributed by atoms with Gasteiger partial charge in [0.1, 0.15) is 5.69 Å². The van der Waals surface area contributed by atoms with Crippen LogP contribution < -0.4 is 4.90 Å². The van der Waals surface area contributed by atoms with Crippen LogP contribution in [0.3, 0.4) is 0 Å². The van der Waals surface area contributed by atoms with E-state index in [-0.39, 0.29) is 5.91 Å². The average Bonchev–Trinajstić information content (AvgIpc) is 3.52. The molecule has 150 valence electrons. The number of amides is 1. The molecule has 0 spiro atoms. The Bertz CT molecular complexity index is 1120. The number of anilines is 1. The van der Waals surface area contributed by atoms with Gasteiger partial charge in [0, 0.05) is 26.2 Å². The van der Waals surface area contributed by atoms with Crippen molar-refractivity contribution < 1.29 is 9.21 Å². The van der Waals surface area contributed by atoms with Crippen molar-refractivity contribution in [2.24, 2.45) is 0 Å². The van der Waals surface area contributed by atoms with Gasteiger partial charge in [0.25, 0.3) is 5.91 Å². The minimum absolute atomic E-state index is 0.115. The van der Waals surface area contributed by atoms with Crippen molar-refractivity contribution in [1.82, 2.24) is 30.1 Å². The van der Waals surface area contributed by atoms with Crippen molar-refractivity contribution in [3.05, 3.63) is 72.8 Å². The molecule has 5 rings (SSSR count). The Hall–Kier alpha value is -4.01. The number of furan rings is 1. The van der Waals surface area contributed by atoms with E-state index in [0.717, 1.165) is 11.5 Å². The van der Waals surface area contributed by atoms with Crippen LogP contribution in [0.25, 0.3) is 17.1 Å². The second-order valence-electron chi connectivity index (χ2n) is 6.89. The summed E-state index contributed by atoms with van der Waals surface area (Å²) in [6, 6.07) is 17.0. The second kappa shape index (κ2) is 7.78. The highest BCUT2D eigenvalue weighted by atomic mass is 16.3. The van der Waals surface area contributed by atoms with Crippen LogP contribution in [0.4, 0.5) is 5.82 Å². The summed E-state index contributed by atoms with van der Waals surface area (Å²) in [6.07, 6.45) is 3.13. The summed E-state index contributed by atoms with van der Waals surface area (Å²) in [7, 11) is 0. The van der Waals surface area contributed by atoms with Crippen LogP contribution in [0.15, 0.2) is 71.5 Å². The molecule has 9 nitrogen and oxygen atoms in total. The molecule has 0 N–H and O–H groups in total. The Kier molecular flexibility index (Phi) is 4.68. The third-order valence-electron chi connectivity index (χ3n) is 5.01. The molecular formula is C21H19N7O2. The van der Waals surface area contributed by atoms with Gasteiger partial charge in [-0.15, -0.1) is 15.3 Å². The number of piperazine rings is 1. The lowest BCUT2D eigenvalue weighted by atomic mass is 10.2. The van der Waals surface area contributed by atoms with Crippen LogP contribution >= 0.6 is 0 Å². The number of hydrogen-bond donors (Lipinski definition) is 0. The predicted octanol–water partition coefficient (Wildman–Crippen LogP) is 2.28. The van der Waals surface area contributed by atoms with E-state index in [1.807, 2.05) is 54.6 Å². The van der Waals surface area contributed by atoms with Gasteiger partial charge in [-0.2, -0.15) is 9.90 Å². The maximum atomic E-state index is 12.8. The number of aromatic nitrogens is 5. The number of carbonyl (C=O) groups is 1. The number of hydrogen-bond acceptors (Lipinski definition) is 7. The van der Waals surface area contributed by atoms with Crippen molar-refractivity contribution in [1.29, 1.82) is 0 Å². The molecule has 1 fully saturated rings. The molecule has 0 saturated carbocycles. The largest absolute Gasteiger partial charge is 0.463 e. The van der Waals surface area contributed by atoms with Crippen LogP contribution in [0.5, 0.6) is 0 Å². The molecule has 30 heavy (non-hydrogen) atoms. The highest BCUT2D eigenvalue weighted by molar-refractivity contribution is 5.92. The fourth-order valence-corrected chi connectivity index (χ4v) is 3.40. The topological polar surface area (TPSA) is 93.2 Å². The van der Waals surface area contributed by atoms with Gasteiger partial charge in [0.15, 0.2) is 17.3 Å². The smallest absolute Gasteiger partial charge is 0.276 e. The Labute approximate surface area is 172 Å². The van der Waals surface area contributed by atoms with Crippen LogP contribution in [0.1, 0.15) is 10.5 Å². The van der Waals surface area contributed by atoms with E-state index in [1.165, 1.54) is 11.0 Å². The highest BCUT2D eigenvalue weighted by Crippen LogP contribution is 2.20. The van der Waals surface area contributed by atoms with E-state index in [2.05, 4.69) is 25.3 Å². The Morgan fingerprint density at radius 2 is 1.73 bits per heavy atom. The van der Waals surface area contributed by atoms with Gasteiger partial charge < -0.3 is 14.2 Å². The molecular weight excluding hydrogens is 382 g/mol. The maximum Gasteiger partial charge on any atom is 0.276 e. The molecule has 1 aliphatic rings. The average molecular weight is 401 g/mol. The minimum Gasteiger partial charge on any atom is -0.463 e. The first-order valence-corrected chi connectivity index (χ1v) is 9.67. The Balaban J connectivity index is 1.22. The summed E-state index contributed by atoms with van der Waals surface area (Å²) in [4.78, 5) is 18.2. The van der Waals surface area contributed by atoms with Gasteiger partial charge in [-0.1, -0.05) is 18.2 Å². The normalized spacial score (nSPS) is 14.1. The summed E-state index contributed by atoms with van der Waals surface area (Å²) < 4.78 is 5.34. The lowest BCUT2D eigenvalue weighted by molar-refractivity contribution is 0.0740. The zero-order valence-corrected chi connectivity index (χ0v) is 16.1. The zero-order chi connectivity index (χ0) is 20.3. The van der Waals surface area contributed by atoms with E-state index in [1.54, 1.807) is 11.2 Å². The summed E-state index contributed by atoms with van der Waals surface area (Å²) in [5, 5.41) is 17.1. The van der Waals surface area contributed by atoms with Crippen LogP contribution in [-0.4, -0.2) is 62.2 Å². The van der Waals surface area contributed by atoms with E-state index < -0.39 is 0 Å². The summed E-state index contributed by atoms with van der Waals surface area (Å²) in [5.41, 5.74) is 1.85. The quantitative estimate of drug-likeness (QED) is 0.518. The molecule has 0 radical (unpaired) electrons. The van der Waals surface area contributed by atoms with E-state index >= 15 is 0 Å². The van der Waals surface area contributed by atoms with E-state index in [0.29, 0.717) is 43.3 Å². The van der Waals surface area contributed by atoms with Gasteiger partial charge >= 0.3 is 0 Å². The molecule has 0 unspecified atom stereocenters. The molecule has 0 aliphatic carbocycles. The first kappa shape index (κ1) is 18.0. The summed E-state index contributed by atoms with van der Waals surface area (Å²) in [5.74, 6) is 1.36. The number of para-hydroxylation sites is 1. The third-order valence-corrected chi connectivity index (χ3v) is 5.01. The van der Waals surface area contributed by atoms with Gasteiger partial charge in [-0.3, -0.25) is 4.79 Å². The molecule has 1 amide bonds. The SMILES string of the molecule is O=C(c1cnn(-c2ccccc2)n1)N1CCN(c2ccc(-c3ccco3)nn2)CC1. The number of benzene rings is 1. The van der Waals surface area contributed by atoms with Crippen molar-refractivity contribution in [3.8, 4) is 17.1 Å². The van der Waals surface area contributed by atoms with Crippen molar-refractivity contribution in [2.75, 3.05) is 31.1 Å². The summed E-state index contributed by atoms with van der Waals surface area (Å²) >= 11 is 0. The molecule has 0 bridgehead atoms. The molecule has 4 aromatic rings. The van der Waals surface area contributed by atoms with Crippen LogP contribution in [0.2, 0.25) is 0 Å². The number of nitrogens with zero attached hydrogens (tertiary/aromatic N) is 7. The van der Waals surface area contributed by atoms with Crippen molar-refractivity contribution >= 4 is 11.7 Å². The monoisotopic (exact) mass is 401 g/mol. The first-order valence-electron chi connectivity index (χ1n) is 9.67. The Morgan fingerprint density at radius 3 is 2.43 bits per heavy atom. The molecule has 3 aromatic heterocycles. The molecule has 0 atom stereocenters. The lowest BCUT2D eigenvalue weighted by Crippen LogP contribution is -2.49. The molecule has 1 aromatic carbocycles. The van der Waals surface area contributed by atoms with Gasteiger partial charge in [-0.05, 0) is 36.4 Å². The van der Waals surface area contributed by atoms with Crippen LogP contribution in [0, 0.1) is 0 Å². The van der Waals surface area contributed by atoms with Gasteiger partial charge in [0.2, 0.25) is 0 Å². The molecule has 1 saturated heterocycles. The number of carbonyl (C=O) groups excluding carboxylic acids is 1. The highest BCUT2D eigenvalue weighted by Gasteiger charge is 2.25. The molecule has 1 aliphatic heterocycles. The predicted molar refractivity (Wildman–Crippen MR) is 109 cm³/mol.